The summed E-state index contributed by atoms with van der Waals surface area (Å²) in [6, 6.07) is 18.4. The summed E-state index contributed by atoms with van der Waals surface area (Å²) >= 11 is 0. The number of carbonyl (C=O) groups is 1. The molecule has 3 aromatic rings. The molecule has 1 aromatic heterocycles. The second-order valence-corrected chi connectivity index (χ2v) is 6.73. The summed E-state index contributed by atoms with van der Waals surface area (Å²) in [5.41, 5.74) is 5.63. The van der Waals surface area contributed by atoms with Crippen LogP contribution in [0, 0.1) is 13.8 Å². The number of rotatable bonds is 4. The molecule has 1 saturated carbocycles. The highest BCUT2D eigenvalue weighted by molar-refractivity contribution is 5.94. The first-order valence-corrected chi connectivity index (χ1v) is 8.66. The van der Waals surface area contributed by atoms with Gasteiger partial charge in [0.15, 0.2) is 0 Å². The smallest absolute Gasteiger partial charge is 0.270 e. The molecule has 1 aliphatic carbocycles. The highest BCUT2D eigenvalue weighted by atomic mass is 16.2. The summed E-state index contributed by atoms with van der Waals surface area (Å²) in [7, 11) is 0. The standard InChI is InChI=1S/C21H21N3O/c1-14-8-11-19(15(2)12-14)24-20(21(25)22-17-9-10-17)13-18(23-24)16-6-4-3-5-7-16/h3-8,11-13,17H,9-10H2,1-2H3,(H,22,25). The molecule has 25 heavy (non-hydrogen) atoms. The number of hydrogen-bond acceptors (Lipinski definition) is 2. The molecule has 4 nitrogen and oxygen atoms in total. The van der Waals surface area contributed by atoms with Gasteiger partial charge in [-0.3, -0.25) is 4.79 Å². The van der Waals surface area contributed by atoms with Crippen LogP contribution < -0.4 is 5.32 Å². The van der Waals surface area contributed by atoms with E-state index in [1.54, 1.807) is 4.68 Å². The van der Waals surface area contributed by atoms with Crippen molar-refractivity contribution in [3.63, 3.8) is 0 Å². The summed E-state index contributed by atoms with van der Waals surface area (Å²) in [5, 5.41) is 7.82. The average molecular weight is 331 g/mol. The summed E-state index contributed by atoms with van der Waals surface area (Å²) in [6.07, 6.45) is 2.13. The molecule has 126 valence electrons. The van der Waals surface area contributed by atoms with Crippen LogP contribution in [0.15, 0.2) is 54.6 Å². The van der Waals surface area contributed by atoms with Crippen molar-refractivity contribution >= 4 is 5.91 Å². The van der Waals surface area contributed by atoms with Crippen LogP contribution in [0.3, 0.4) is 0 Å². The first-order valence-electron chi connectivity index (χ1n) is 8.66. The van der Waals surface area contributed by atoms with E-state index < -0.39 is 0 Å². The first-order chi connectivity index (χ1) is 12.1. The van der Waals surface area contributed by atoms with Gasteiger partial charge in [-0.2, -0.15) is 5.10 Å². The number of aromatic nitrogens is 2. The quantitative estimate of drug-likeness (QED) is 0.784. The Hall–Kier alpha value is -2.88. The molecule has 0 spiro atoms. The van der Waals surface area contributed by atoms with Crippen molar-refractivity contribution in [2.75, 3.05) is 0 Å². The van der Waals surface area contributed by atoms with Gasteiger partial charge in [-0.15, -0.1) is 0 Å². The van der Waals surface area contributed by atoms with Gasteiger partial charge in [-0.1, -0.05) is 48.0 Å². The number of carbonyl (C=O) groups excluding carboxylic acids is 1. The molecule has 0 radical (unpaired) electrons. The molecule has 0 bridgehead atoms. The number of benzene rings is 2. The van der Waals surface area contributed by atoms with Crippen LogP contribution in [0.5, 0.6) is 0 Å². The second kappa shape index (κ2) is 6.20. The van der Waals surface area contributed by atoms with Crippen molar-refractivity contribution < 1.29 is 4.79 Å². The van der Waals surface area contributed by atoms with Crippen molar-refractivity contribution in [1.29, 1.82) is 0 Å². The van der Waals surface area contributed by atoms with Crippen LogP contribution in [0.2, 0.25) is 0 Å². The maximum absolute atomic E-state index is 12.7. The number of nitrogens with zero attached hydrogens (tertiary/aromatic N) is 2. The Bertz CT molecular complexity index is 924. The zero-order chi connectivity index (χ0) is 17.4. The number of aryl methyl sites for hydroxylation is 2. The van der Waals surface area contributed by atoms with Crippen LogP contribution in [0.4, 0.5) is 0 Å². The van der Waals surface area contributed by atoms with Crippen molar-refractivity contribution in [1.82, 2.24) is 15.1 Å². The average Bonchev–Trinajstić information content (AvgIpc) is 3.31. The van der Waals surface area contributed by atoms with E-state index in [2.05, 4.69) is 31.3 Å². The maximum Gasteiger partial charge on any atom is 0.270 e. The van der Waals surface area contributed by atoms with Crippen molar-refractivity contribution in [2.24, 2.45) is 0 Å². The minimum Gasteiger partial charge on any atom is -0.348 e. The van der Waals surface area contributed by atoms with E-state index in [1.807, 2.05) is 42.5 Å². The molecular formula is C21H21N3O. The molecule has 4 rings (SSSR count). The lowest BCUT2D eigenvalue weighted by Crippen LogP contribution is -2.27. The van der Waals surface area contributed by atoms with Crippen molar-refractivity contribution in [3.05, 3.63) is 71.4 Å². The molecule has 0 atom stereocenters. The fourth-order valence-electron chi connectivity index (χ4n) is 3.01. The lowest BCUT2D eigenvalue weighted by Gasteiger charge is -2.11. The van der Waals surface area contributed by atoms with Gasteiger partial charge in [0.2, 0.25) is 0 Å². The molecule has 1 amide bonds. The van der Waals surface area contributed by atoms with Gasteiger partial charge >= 0.3 is 0 Å². The zero-order valence-corrected chi connectivity index (χ0v) is 14.5. The Morgan fingerprint density at radius 1 is 1.08 bits per heavy atom. The Kier molecular flexibility index (Phi) is 3.88. The molecule has 2 aromatic carbocycles. The van der Waals surface area contributed by atoms with Gasteiger partial charge in [0.1, 0.15) is 5.69 Å². The van der Waals surface area contributed by atoms with Gasteiger partial charge in [0, 0.05) is 11.6 Å². The second-order valence-electron chi connectivity index (χ2n) is 6.73. The molecule has 1 heterocycles. The van der Waals surface area contributed by atoms with Crippen LogP contribution in [-0.4, -0.2) is 21.7 Å². The molecule has 0 saturated heterocycles. The van der Waals surface area contributed by atoms with E-state index in [-0.39, 0.29) is 5.91 Å². The molecule has 0 aliphatic heterocycles. The van der Waals surface area contributed by atoms with E-state index in [1.165, 1.54) is 5.56 Å². The molecule has 1 fully saturated rings. The van der Waals surface area contributed by atoms with Crippen LogP contribution in [0.25, 0.3) is 16.9 Å². The van der Waals surface area contributed by atoms with Crippen LogP contribution >= 0.6 is 0 Å². The Labute approximate surface area is 147 Å². The largest absolute Gasteiger partial charge is 0.348 e. The minimum absolute atomic E-state index is 0.0582. The fourth-order valence-corrected chi connectivity index (χ4v) is 3.01. The molecule has 4 heteroatoms. The summed E-state index contributed by atoms with van der Waals surface area (Å²) in [4.78, 5) is 12.7. The van der Waals surface area contributed by atoms with Crippen molar-refractivity contribution in [3.8, 4) is 16.9 Å². The lowest BCUT2D eigenvalue weighted by molar-refractivity contribution is 0.0943. The summed E-state index contributed by atoms with van der Waals surface area (Å²) in [5.74, 6) is -0.0582. The number of hydrogen-bond donors (Lipinski definition) is 1. The van der Waals surface area contributed by atoms with Gasteiger partial charge in [0.05, 0.1) is 11.4 Å². The molecule has 1 aliphatic rings. The molecular weight excluding hydrogens is 310 g/mol. The number of nitrogens with one attached hydrogen (secondary N) is 1. The van der Waals surface area contributed by atoms with E-state index in [0.717, 1.165) is 35.3 Å². The van der Waals surface area contributed by atoms with E-state index in [0.29, 0.717) is 11.7 Å². The van der Waals surface area contributed by atoms with E-state index in [4.69, 9.17) is 5.10 Å². The highest BCUT2D eigenvalue weighted by Gasteiger charge is 2.26. The molecule has 0 unspecified atom stereocenters. The normalized spacial score (nSPS) is 13.7. The Morgan fingerprint density at radius 2 is 1.84 bits per heavy atom. The third kappa shape index (κ3) is 3.20. The third-order valence-corrected chi connectivity index (χ3v) is 4.50. The van der Waals surface area contributed by atoms with Gasteiger partial charge in [-0.05, 0) is 44.4 Å². The van der Waals surface area contributed by atoms with Crippen molar-refractivity contribution in [2.45, 2.75) is 32.7 Å². The Balaban J connectivity index is 1.82. The van der Waals surface area contributed by atoms with Crippen LogP contribution in [0.1, 0.15) is 34.5 Å². The summed E-state index contributed by atoms with van der Waals surface area (Å²) < 4.78 is 1.77. The zero-order valence-electron chi connectivity index (χ0n) is 14.5. The molecule has 1 N–H and O–H groups in total. The van der Waals surface area contributed by atoms with E-state index >= 15 is 0 Å². The lowest BCUT2D eigenvalue weighted by atomic mass is 10.1. The predicted octanol–water partition coefficient (Wildman–Crippen LogP) is 4.05. The predicted molar refractivity (Wildman–Crippen MR) is 99.0 cm³/mol. The van der Waals surface area contributed by atoms with Gasteiger partial charge < -0.3 is 5.32 Å². The maximum atomic E-state index is 12.7. The minimum atomic E-state index is -0.0582. The first kappa shape index (κ1) is 15.6. The summed E-state index contributed by atoms with van der Waals surface area (Å²) in [6.45, 7) is 4.12. The monoisotopic (exact) mass is 331 g/mol. The topological polar surface area (TPSA) is 46.9 Å². The highest BCUT2D eigenvalue weighted by Crippen LogP contribution is 2.25. The Morgan fingerprint density at radius 3 is 2.52 bits per heavy atom. The van der Waals surface area contributed by atoms with Gasteiger partial charge in [-0.25, -0.2) is 4.68 Å². The third-order valence-electron chi connectivity index (χ3n) is 4.50. The van der Waals surface area contributed by atoms with E-state index in [9.17, 15) is 4.79 Å². The number of amides is 1. The van der Waals surface area contributed by atoms with Crippen LogP contribution in [-0.2, 0) is 0 Å². The SMILES string of the molecule is Cc1ccc(-n2nc(-c3ccccc3)cc2C(=O)NC2CC2)c(C)c1. The van der Waals surface area contributed by atoms with Gasteiger partial charge in [0.25, 0.3) is 5.91 Å². The fraction of sp³-hybridized carbons (Fsp3) is 0.238.